The lowest BCUT2D eigenvalue weighted by atomic mass is 10.2. The van der Waals surface area contributed by atoms with Crippen molar-refractivity contribution >= 4 is 50.9 Å². The molecule has 0 bridgehead atoms. The first-order valence-corrected chi connectivity index (χ1v) is 9.99. The van der Waals surface area contributed by atoms with Crippen molar-refractivity contribution in [1.29, 1.82) is 0 Å². The Morgan fingerprint density at radius 3 is 2.81 bits per heavy atom. The smallest absolute Gasteiger partial charge is 0.323 e. The van der Waals surface area contributed by atoms with Crippen molar-refractivity contribution in [3.63, 3.8) is 0 Å². The summed E-state index contributed by atoms with van der Waals surface area (Å²) < 4.78 is 16.1. The van der Waals surface area contributed by atoms with E-state index in [-0.39, 0.29) is 10.7 Å². The number of halogens is 2. The third-order valence-electron chi connectivity index (χ3n) is 5.15. The lowest BCUT2D eigenvalue weighted by Crippen LogP contribution is -2.20. The van der Waals surface area contributed by atoms with Gasteiger partial charge in [0.05, 0.1) is 21.9 Å². The number of nitrogens with zero attached hydrogens (tertiary/aromatic N) is 2. The van der Waals surface area contributed by atoms with Crippen LogP contribution in [0.25, 0.3) is 21.9 Å². The number of nitrogens with one attached hydrogen (secondary N) is 3. The number of amides is 2. The van der Waals surface area contributed by atoms with Crippen LogP contribution in [0.4, 0.5) is 20.6 Å². The molecule has 0 saturated carbocycles. The fourth-order valence-corrected chi connectivity index (χ4v) is 3.90. The number of carbonyl (C=O) groups excluding carboxylic acids is 1. The summed E-state index contributed by atoms with van der Waals surface area (Å²) >= 11 is 5.99. The second-order valence-electron chi connectivity index (χ2n) is 7.07. The zero-order valence-electron chi connectivity index (χ0n) is 16.2. The molecule has 0 unspecified atom stereocenters. The van der Waals surface area contributed by atoms with Crippen LogP contribution >= 0.6 is 11.6 Å². The van der Waals surface area contributed by atoms with Crippen LogP contribution in [0, 0.1) is 5.82 Å². The number of hydrogen-bond donors (Lipinski definition) is 3. The molecule has 2 aromatic carbocycles. The molecule has 2 amide bonds. The molecular formula is C23H17ClFN5O. The largest absolute Gasteiger partial charge is 0.346 e. The fourth-order valence-electron chi connectivity index (χ4n) is 3.69. The first-order chi connectivity index (χ1) is 15.1. The Labute approximate surface area is 181 Å². The summed E-state index contributed by atoms with van der Waals surface area (Å²) in [5.41, 5.74) is 3.50. The van der Waals surface area contributed by atoms with Gasteiger partial charge in [-0.25, -0.2) is 14.2 Å². The number of benzene rings is 2. The first kappa shape index (κ1) is 19.1. The van der Waals surface area contributed by atoms with Crippen molar-refractivity contribution in [2.45, 2.75) is 6.54 Å². The van der Waals surface area contributed by atoms with Crippen LogP contribution in [0.2, 0.25) is 5.02 Å². The molecule has 0 radical (unpaired) electrons. The Balaban J connectivity index is 1.42. The number of hydrogen-bond acceptors (Lipinski definition) is 2. The number of urea groups is 1. The number of aromatic amines is 1. The lowest BCUT2D eigenvalue weighted by Gasteiger charge is -2.11. The van der Waals surface area contributed by atoms with Gasteiger partial charge in [-0.3, -0.25) is 0 Å². The number of aromatic nitrogens is 3. The van der Waals surface area contributed by atoms with Gasteiger partial charge in [0.2, 0.25) is 0 Å². The molecule has 0 atom stereocenters. The SMILES string of the molecule is O=C(Nc1c(F)cccc1Cl)Nc1cccc2c1ccn2Cc1ccnc2[nH]ccc12. The summed E-state index contributed by atoms with van der Waals surface area (Å²) in [7, 11) is 0. The third-order valence-corrected chi connectivity index (χ3v) is 5.47. The van der Waals surface area contributed by atoms with Gasteiger partial charge >= 0.3 is 6.03 Å². The van der Waals surface area contributed by atoms with Gasteiger partial charge in [-0.15, -0.1) is 0 Å². The first-order valence-electron chi connectivity index (χ1n) is 9.61. The summed E-state index contributed by atoms with van der Waals surface area (Å²) in [6, 6.07) is 15.3. The van der Waals surface area contributed by atoms with E-state index >= 15 is 0 Å². The molecule has 3 aromatic heterocycles. The Kier molecular flexibility index (Phi) is 4.80. The Hall–Kier alpha value is -3.84. The predicted octanol–water partition coefficient (Wildman–Crippen LogP) is 6.00. The van der Waals surface area contributed by atoms with Crippen LogP contribution < -0.4 is 10.6 Å². The molecule has 6 nitrogen and oxygen atoms in total. The van der Waals surface area contributed by atoms with Crippen molar-refractivity contribution < 1.29 is 9.18 Å². The summed E-state index contributed by atoms with van der Waals surface area (Å²) in [6.45, 7) is 0.654. The number of carbonyl (C=O) groups is 1. The maximum absolute atomic E-state index is 14.0. The van der Waals surface area contributed by atoms with E-state index in [0.29, 0.717) is 12.2 Å². The molecule has 0 aliphatic rings. The highest BCUT2D eigenvalue weighted by molar-refractivity contribution is 6.33. The summed E-state index contributed by atoms with van der Waals surface area (Å²) in [5, 5.41) is 7.34. The highest BCUT2D eigenvalue weighted by atomic mass is 35.5. The van der Waals surface area contributed by atoms with Crippen LogP contribution in [-0.4, -0.2) is 20.6 Å². The van der Waals surface area contributed by atoms with Crippen LogP contribution in [0.5, 0.6) is 0 Å². The second kappa shape index (κ2) is 7.77. The molecule has 0 saturated heterocycles. The molecule has 5 aromatic rings. The van der Waals surface area contributed by atoms with Crippen molar-refractivity contribution in [3.05, 3.63) is 89.6 Å². The minimum absolute atomic E-state index is 0.0559. The van der Waals surface area contributed by atoms with Gasteiger partial charge in [0.15, 0.2) is 0 Å². The van der Waals surface area contributed by atoms with E-state index < -0.39 is 11.8 Å². The lowest BCUT2D eigenvalue weighted by molar-refractivity contribution is 0.262. The summed E-state index contributed by atoms with van der Waals surface area (Å²) in [4.78, 5) is 19.9. The van der Waals surface area contributed by atoms with Crippen LogP contribution in [0.1, 0.15) is 5.56 Å². The average Bonchev–Trinajstić information content (AvgIpc) is 3.39. The molecule has 0 fully saturated rings. The molecule has 154 valence electrons. The summed E-state index contributed by atoms with van der Waals surface area (Å²) in [5.74, 6) is -0.597. The number of para-hydroxylation sites is 1. The van der Waals surface area contributed by atoms with Gasteiger partial charge in [-0.2, -0.15) is 0 Å². The monoisotopic (exact) mass is 433 g/mol. The molecule has 3 heterocycles. The molecule has 8 heteroatoms. The zero-order chi connectivity index (χ0) is 21.4. The van der Waals surface area contributed by atoms with E-state index in [1.165, 1.54) is 18.2 Å². The topological polar surface area (TPSA) is 74.7 Å². The van der Waals surface area contributed by atoms with Crippen LogP contribution in [0.3, 0.4) is 0 Å². The van der Waals surface area contributed by atoms with Gasteiger partial charge in [0, 0.05) is 35.9 Å². The minimum Gasteiger partial charge on any atom is -0.346 e. The van der Waals surface area contributed by atoms with E-state index in [0.717, 1.165) is 27.5 Å². The highest BCUT2D eigenvalue weighted by Crippen LogP contribution is 2.28. The van der Waals surface area contributed by atoms with E-state index in [1.54, 1.807) is 12.3 Å². The molecule has 3 N–H and O–H groups in total. The van der Waals surface area contributed by atoms with Gasteiger partial charge < -0.3 is 20.2 Å². The van der Waals surface area contributed by atoms with Gasteiger partial charge in [0.25, 0.3) is 0 Å². The maximum Gasteiger partial charge on any atom is 0.323 e. The average molecular weight is 434 g/mol. The van der Waals surface area contributed by atoms with Gasteiger partial charge in [-0.1, -0.05) is 23.7 Å². The van der Waals surface area contributed by atoms with E-state index in [2.05, 4.69) is 25.2 Å². The molecule has 0 aliphatic heterocycles. The molecule has 0 aliphatic carbocycles. The summed E-state index contributed by atoms with van der Waals surface area (Å²) in [6.07, 6.45) is 5.63. The third kappa shape index (κ3) is 3.60. The van der Waals surface area contributed by atoms with Crippen LogP contribution in [-0.2, 0) is 6.54 Å². The van der Waals surface area contributed by atoms with Crippen molar-refractivity contribution in [2.24, 2.45) is 0 Å². The van der Waals surface area contributed by atoms with Gasteiger partial charge in [0.1, 0.15) is 11.5 Å². The number of rotatable bonds is 4. The van der Waals surface area contributed by atoms with Crippen molar-refractivity contribution in [2.75, 3.05) is 10.6 Å². The minimum atomic E-state index is -0.597. The number of pyridine rings is 1. The van der Waals surface area contributed by atoms with E-state index in [1.807, 2.05) is 42.7 Å². The van der Waals surface area contributed by atoms with E-state index in [4.69, 9.17) is 11.6 Å². The number of anilines is 2. The molecule has 5 rings (SSSR count). The number of H-pyrrole nitrogens is 1. The zero-order valence-corrected chi connectivity index (χ0v) is 16.9. The Morgan fingerprint density at radius 2 is 1.94 bits per heavy atom. The van der Waals surface area contributed by atoms with Gasteiger partial charge in [-0.05, 0) is 48.0 Å². The highest BCUT2D eigenvalue weighted by Gasteiger charge is 2.13. The maximum atomic E-state index is 14.0. The quantitative estimate of drug-likeness (QED) is 0.325. The predicted molar refractivity (Wildman–Crippen MR) is 121 cm³/mol. The van der Waals surface area contributed by atoms with Crippen molar-refractivity contribution in [1.82, 2.24) is 14.5 Å². The standard InChI is InChI=1S/C23H17ClFN5O/c24-17-3-1-4-18(25)21(17)29-23(31)28-19-5-2-6-20-16(19)9-12-30(20)13-14-7-10-26-22-15(14)8-11-27-22/h1-12H,13H2,(H,26,27)(H2,28,29,31). The number of fused-ring (bicyclic) bond motifs is 2. The Bertz CT molecular complexity index is 1400. The normalized spacial score (nSPS) is 11.2. The van der Waals surface area contributed by atoms with E-state index in [9.17, 15) is 9.18 Å². The second-order valence-corrected chi connectivity index (χ2v) is 7.48. The Morgan fingerprint density at radius 1 is 1.06 bits per heavy atom. The fraction of sp³-hybridized carbons (Fsp3) is 0.0435. The van der Waals surface area contributed by atoms with Crippen molar-refractivity contribution in [3.8, 4) is 0 Å². The van der Waals surface area contributed by atoms with Crippen LogP contribution in [0.15, 0.2) is 73.2 Å². The molecule has 0 spiro atoms. The molecular weight excluding hydrogens is 417 g/mol. The molecule has 31 heavy (non-hydrogen) atoms.